The molecule has 0 heterocycles. The van der Waals surface area contributed by atoms with Crippen LogP contribution in [0.2, 0.25) is 0 Å². The number of nitrogens with one attached hydrogen (secondary N) is 1. The number of hydrogen-bond donors (Lipinski definition) is 1. The van der Waals surface area contributed by atoms with E-state index in [1.165, 1.54) is 0 Å². The van der Waals surface area contributed by atoms with Crippen molar-refractivity contribution >= 4 is 21.8 Å². The van der Waals surface area contributed by atoms with Crippen LogP contribution in [0.5, 0.6) is 0 Å². The molecule has 0 aromatic rings. The number of carbonyl (C=O) groups is 1. The van der Waals surface area contributed by atoms with Crippen molar-refractivity contribution in [1.29, 1.82) is 0 Å². The maximum Gasteiger partial charge on any atom is 0.230 e. The van der Waals surface area contributed by atoms with Gasteiger partial charge in [0.25, 0.3) is 0 Å². The first-order valence-electron chi connectivity index (χ1n) is 5.48. The smallest absolute Gasteiger partial charge is 0.230 e. The van der Waals surface area contributed by atoms with E-state index in [-0.39, 0.29) is 16.7 Å². The van der Waals surface area contributed by atoms with Crippen LogP contribution in [-0.4, -0.2) is 17.8 Å². The minimum absolute atomic E-state index is 0.0304. The standard InChI is InChI=1S/C13H22BrNO/c1-6-7-12(2,3)9-13(4,5)10-15-11(16)8-14/h1H,7-10H2,2-5H3,(H,15,16). The zero-order valence-corrected chi connectivity index (χ0v) is 12.3. The number of hydrogen-bond acceptors (Lipinski definition) is 1. The summed E-state index contributed by atoms with van der Waals surface area (Å²) in [6, 6.07) is 0. The summed E-state index contributed by atoms with van der Waals surface area (Å²) in [4.78, 5) is 11.2. The normalized spacial score (nSPS) is 12.0. The van der Waals surface area contributed by atoms with Crippen molar-refractivity contribution in [1.82, 2.24) is 5.32 Å². The first kappa shape index (κ1) is 15.5. The highest BCUT2D eigenvalue weighted by Crippen LogP contribution is 2.35. The van der Waals surface area contributed by atoms with Crippen molar-refractivity contribution in [3.8, 4) is 12.3 Å². The molecule has 1 N–H and O–H groups in total. The number of carbonyl (C=O) groups excluding carboxylic acids is 1. The molecule has 0 spiro atoms. The highest BCUT2D eigenvalue weighted by atomic mass is 79.9. The zero-order chi connectivity index (χ0) is 12.8. The monoisotopic (exact) mass is 287 g/mol. The molecule has 0 aliphatic carbocycles. The average Bonchev–Trinajstić information content (AvgIpc) is 2.12. The third kappa shape index (κ3) is 6.90. The molecule has 0 aromatic carbocycles. The van der Waals surface area contributed by atoms with E-state index in [0.29, 0.717) is 11.9 Å². The number of amides is 1. The predicted molar refractivity (Wildman–Crippen MR) is 72.4 cm³/mol. The molecule has 1 amide bonds. The molecule has 0 rings (SSSR count). The summed E-state index contributed by atoms with van der Waals surface area (Å²) in [5.74, 6) is 2.74. The van der Waals surface area contributed by atoms with Crippen LogP contribution < -0.4 is 5.32 Å². The Balaban J connectivity index is 4.24. The maximum absolute atomic E-state index is 11.2. The first-order valence-corrected chi connectivity index (χ1v) is 6.61. The van der Waals surface area contributed by atoms with Gasteiger partial charge in [-0.15, -0.1) is 12.3 Å². The summed E-state index contributed by atoms with van der Waals surface area (Å²) in [5, 5.41) is 3.26. The lowest BCUT2D eigenvalue weighted by atomic mass is 9.73. The topological polar surface area (TPSA) is 29.1 Å². The molecule has 0 radical (unpaired) electrons. The Morgan fingerprint density at radius 1 is 1.31 bits per heavy atom. The molecule has 0 saturated carbocycles. The summed E-state index contributed by atoms with van der Waals surface area (Å²) in [6.45, 7) is 9.33. The van der Waals surface area contributed by atoms with Crippen LogP contribution in [-0.2, 0) is 4.79 Å². The lowest BCUT2D eigenvalue weighted by molar-refractivity contribution is -0.119. The molecule has 0 bridgehead atoms. The van der Waals surface area contributed by atoms with E-state index in [4.69, 9.17) is 6.42 Å². The highest BCUT2D eigenvalue weighted by molar-refractivity contribution is 9.09. The third-order valence-corrected chi connectivity index (χ3v) is 2.93. The van der Waals surface area contributed by atoms with Gasteiger partial charge in [0, 0.05) is 13.0 Å². The van der Waals surface area contributed by atoms with Crippen molar-refractivity contribution in [2.75, 3.05) is 11.9 Å². The van der Waals surface area contributed by atoms with Crippen molar-refractivity contribution in [2.45, 2.75) is 40.5 Å². The highest BCUT2D eigenvalue weighted by Gasteiger charge is 2.28. The van der Waals surface area contributed by atoms with Gasteiger partial charge in [0.1, 0.15) is 0 Å². The van der Waals surface area contributed by atoms with Crippen molar-refractivity contribution in [3.05, 3.63) is 0 Å². The molecule has 0 unspecified atom stereocenters. The van der Waals surface area contributed by atoms with Crippen LogP contribution in [0.4, 0.5) is 0 Å². The fourth-order valence-electron chi connectivity index (χ4n) is 2.08. The van der Waals surface area contributed by atoms with Crippen LogP contribution in [0.25, 0.3) is 0 Å². The molecule has 2 nitrogen and oxygen atoms in total. The Kier molecular flexibility index (Phi) is 6.10. The van der Waals surface area contributed by atoms with Crippen LogP contribution in [0.3, 0.4) is 0 Å². The molecule has 0 saturated heterocycles. The lowest BCUT2D eigenvalue weighted by Crippen LogP contribution is -2.37. The van der Waals surface area contributed by atoms with Gasteiger partial charge in [-0.3, -0.25) is 4.79 Å². The Morgan fingerprint density at radius 2 is 1.88 bits per heavy atom. The number of terminal acetylenes is 1. The number of alkyl halides is 1. The summed E-state index contributed by atoms with van der Waals surface area (Å²) < 4.78 is 0. The Morgan fingerprint density at radius 3 is 2.31 bits per heavy atom. The molecule has 0 aromatic heterocycles. The van der Waals surface area contributed by atoms with Gasteiger partial charge in [0.05, 0.1) is 5.33 Å². The minimum Gasteiger partial charge on any atom is -0.355 e. The van der Waals surface area contributed by atoms with Crippen LogP contribution >= 0.6 is 15.9 Å². The van der Waals surface area contributed by atoms with Crippen molar-refractivity contribution < 1.29 is 4.79 Å². The summed E-state index contributed by atoms with van der Waals surface area (Å²) in [6.07, 6.45) is 7.11. The second kappa shape index (κ2) is 6.30. The zero-order valence-electron chi connectivity index (χ0n) is 10.7. The molecular weight excluding hydrogens is 266 g/mol. The van der Waals surface area contributed by atoms with Gasteiger partial charge in [0.15, 0.2) is 0 Å². The first-order chi connectivity index (χ1) is 7.22. The van der Waals surface area contributed by atoms with Gasteiger partial charge >= 0.3 is 0 Å². The second-order valence-electron chi connectivity index (χ2n) is 5.80. The fraction of sp³-hybridized carbons (Fsp3) is 0.769. The molecular formula is C13H22BrNO. The van der Waals surface area contributed by atoms with Gasteiger partial charge in [-0.1, -0.05) is 43.6 Å². The quantitative estimate of drug-likeness (QED) is 0.591. The van der Waals surface area contributed by atoms with E-state index in [9.17, 15) is 4.79 Å². The molecule has 0 atom stereocenters. The lowest BCUT2D eigenvalue weighted by Gasteiger charge is -2.34. The molecule has 16 heavy (non-hydrogen) atoms. The van der Waals surface area contributed by atoms with E-state index in [1.54, 1.807) is 0 Å². The van der Waals surface area contributed by atoms with Crippen LogP contribution in [0.15, 0.2) is 0 Å². The van der Waals surface area contributed by atoms with E-state index >= 15 is 0 Å². The summed E-state index contributed by atoms with van der Waals surface area (Å²) in [5.41, 5.74) is 0.190. The average molecular weight is 288 g/mol. The van der Waals surface area contributed by atoms with E-state index in [2.05, 4.69) is 54.9 Å². The third-order valence-electron chi connectivity index (χ3n) is 2.42. The van der Waals surface area contributed by atoms with Crippen molar-refractivity contribution in [3.63, 3.8) is 0 Å². The fourth-order valence-corrected chi connectivity index (χ4v) is 2.28. The van der Waals surface area contributed by atoms with Gasteiger partial charge in [-0.05, 0) is 17.3 Å². The molecule has 0 aliphatic heterocycles. The minimum atomic E-state index is 0.0304. The number of halogens is 1. The molecule has 0 fully saturated rings. The molecule has 92 valence electrons. The Hall–Kier alpha value is -0.490. The SMILES string of the molecule is C#CCC(C)(C)CC(C)(C)CNC(=O)CBr. The van der Waals surface area contributed by atoms with Gasteiger partial charge in [0.2, 0.25) is 5.91 Å². The largest absolute Gasteiger partial charge is 0.355 e. The van der Waals surface area contributed by atoms with Gasteiger partial charge in [-0.2, -0.15) is 0 Å². The molecule has 0 aliphatic rings. The van der Waals surface area contributed by atoms with Crippen LogP contribution in [0, 0.1) is 23.2 Å². The van der Waals surface area contributed by atoms with Gasteiger partial charge < -0.3 is 5.32 Å². The predicted octanol–water partition coefficient (Wildman–Crippen LogP) is 2.96. The van der Waals surface area contributed by atoms with E-state index in [1.807, 2.05) is 0 Å². The van der Waals surface area contributed by atoms with E-state index in [0.717, 1.165) is 12.8 Å². The Bertz CT molecular complexity index is 276. The van der Waals surface area contributed by atoms with Crippen molar-refractivity contribution in [2.24, 2.45) is 10.8 Å². The number of rotatable bonds is 6. The van der Waals surface area contributed by atoms with Gasteiger partial charge in [-0.25, -0.2) is 0 Å². The van der Waals surface area contributed by atoms with E-state index < -0.39 is 0 Å². The van der Waals surface area contributed by atoms with Crippen LogP contribution in [0.1, 0.15) is 40.5 Å². The maximum atomic E-state index is 11.2. The summed E-state index contributed by atoms with van der Waals surface area (Å²) >= 11 is 3.13. The molecule has 3 heteroatoms. The summed E-state index contributed by atoms with van der Waals surface area (Å²) in [7, 11) is 0. The second-order valence-corrected chi connectivity index (χ2v) is 6.36. The Labute approximate surface area is 108 Å².